The van der Waals surface area contributed by atoms with Crippen LogP contribution in [0.3, 0.4) is 0 Å². The highest BCUT2D eigenvalue weighted by Crippen LogP contribution is 2.41. The van der Waals surface area contributed by atoms with E-state index in [0.29, 0.717) is 12.0 Å². The molecule has 1 saturated heterocycles. The zero-order valence-corrected chi connectivity index (χ0v) is 13.7. The number of hydrogen-bond acceptors (Lipinski definition) is 2. The second kappa shape index (κ2) is 5.77. The van der Waals surface area contributed by atoms with E-state index in [0.717, 1.165) is 41.7 Å². The van der Waals surface area contributed by atoms with E-state index in [2.05, 4.69) is 34.5 Å². The normalized spacial score (nSPS) is 23.8. The van der Waals surface area contributed by atoms with Crippen LogP contribution in [-0.2, 0) is 6.42 Å². The molecule has 2 heterocycles. The molecule has 2 nitrogen and oxygen atoms in total. The molecule has 114 valence electrons. The standard InChI is InChI=1S/C18H18Cl2N2/c19-13-5-6-16(20)14(10-13)15-11-21-7-8-22-17-4-2-1-3-12(17)9-18(15)22/h1-6,10,15,18,21H,7-9,11H2. The van der Waals surface area contributed by atoms with Gasteiger partial charge in [-0.25, -0.2) is 0 Å². The first-order valence-corrected chi connectivity index (χ1v) is 8.50. The molecule has 2 atom stereocenters. The fourth-order valence-corrected chi connectivity index (χ4v) is 4.27. The Morgan fingerprint density at radius 1 is 1.09 bits per heavy atom. The maximum absolute atomic E-state index is 6.48. The second-order valence-electron chi connectivity index (χ2n) is 6.07. The number of para-hydroxylation sites is 1. The maximum Gasteiger partial charge on any atom is 0.0443 e. The predicted molar refractivity (Wildman–Crippen MR) is 93.4 cm³/mol. The van der Waals surface area contributed by atoms with Crippen molar-refractivity contribution in [3.8, 4) is 0 Å². The number of anilines is 1. The first kappa shape index (κ1) is 14.4. The van der Waals surface area contributed by atoms with E-state index in [4.69, 9.17) is 23.2 Å². The number of nitrogens with zero attached hydrogens (tertiary/aromatic N) is 1. The molecule has 0 aliphatic carbocycles. The van der Waals surface area contributed by atoms with Crippen molar-refractivity contribution in [3.05, 3.63) is 63.6 Å². The van der Waals surface area contributed by atoms with Gasteiger partial charge in [0.2, 0.25) is 0 Å². The van der Waals surface area contributed by atoms with Crippen molar-refractivity contribution in [1.82, 2.24) is 5.32 Å². The molecule has 4 heteroatoms. The van der Waals surface area contributed by atoms with Crippen molar-refractivity contribution >= 4 is 28.9 Å². The van der Waals surface area contributed by atoms with Crippen LogP contribution in [0, 0.1) is 0 Å². The summed E-state index contributed by atoms with van der Waals surface area (Å²) in [7, 11) is 0. The molecule has 0 saturated carbocycles. The minimum absolute atomic E-state index is 0.348. The highest BCUT2D eigenvalue weighted by Gasteiger charge is 2.37. The SMILES string of the molecule is Clc1ccc(Cl)c(C2CNCCN3c4ccccc4CC23)c1. The molecule has 0 bridgehead atoms. The molecule has 0 aromatic heterocycles. The smallest absolute Gasteiger partial charge is 0.0443 e. The lowest BCUT2D eigenvalue weighted by atomic mass is 9.89. The van der Waals surface area contributed by atoms with Crippen LogP contribution in [0.4, 0.5) is 5.69 Å². The molecular formula is C18H18Cl2N2. The van der Waals surface area contributed by atoms with Gasteiger partial charge in [-0.2, -0.15) is 0 Å². The molecule has 22 heavy (non-hydrogen) atoms. The van der Waals surface area contributed by atoms with Gasteiger partial charge >= 0.3 is 0 Å². The molecule has 4 rings (SSSR count). The Kier molecular flexibility index (Phi) is 3.77. The van der Waals surface area contributed by atoms with E-state index in [1.54, 1.807) is 0 Å². The number of nitrogens with one attached hydrogen (secondary N) is 1. The predicted octanol–water partition coefficient (Wildman–Crippen LogP) is 4.11. The van der Waals surface area contributed by atoms with Gasteiger partial charge in [-0.3, -0.25) is 0 Å². The Morgan fingerprint density at radius 2 is 1.95 bits per heavy atom. The summed E-state index contributed by atoms with van der Waals surface area (Å²) in [5.41, 5.74) is 3.98. The Morgan fingerprint density at radius 3 is 2.86 bits per heavy atom. The van der Waals surface area contributed by atoms with Crippen LogP contribution >= 0.6 is 23.2 Å². The van der Waals surface area contributed by atoms with E-state index in [1.165, 1.54) is 11.3 Å². The highest BCUT2D eigenvalue weighted by molar-refractivity contribution is 6.33. The molecule has 2 aliphatic rings. The van der Waals surface area contributed by atoms with Gasteiger partial charge in [0.1, 0.15) is 0 Å². The summed E-state index contributed by atoms with van der Waals surface area (Å²) >= 11 is 12.7. The summed E-state index contributed by atoms with van der Waals surface area (Å²) in [6.07, 6.45) is 1.07. The second-order valence-corrected chi connectivity index (χ2v) is 6.91. The molecule has 1 N–H and O–H groups in total. The molecule has 0 radical (unpaired) electrons. The van der Waals surface area contributed by atoms with E-state index in [1.807, 2.05) is 18.2 Å². The summed E-state index contributed by atoms with van der Waals surface area (Å²) in [5, 5.41) is 5.13. The molecule has 2 aromatic rings. The third-order valence-corrected chi connectivity index (χ3v) is 5.43. The van der Waals surface area contributed by atoms with Gasteiger partial charge < -0.3 is 10.2 Å². The largest absolute Gasteiger partial charge is 0.366 e. The quantitative estimate of drug-likeness (QED) is 0.845. The van der Waals surface area contributed by atoms with Gasteiger partial charge in [0, 0.05) is 47.3 Å². The lowest BCUT2D eigenvalue weighted by Crippen LogP contribution is -2.37. The molecule has 0 amide bonds. The van der Waals surface area contributed by atoms with Crippen LogP contribution < -0.4 is 10.2 Å². The fourth-order valence-electron chi connectivity index (χ4n) is 3.83. The summed E-state index contributed by atoms with van der Waals surface area (Å²) in [5.74, 6) is 0.348. The van der Waals surface area contributed by atoms with Crippen molar-refractivity contribution in [1.29, 1.82) is 0 Å². The summed E-state index contributed by atoms with van der Waals surface area (Å²) in [4.78, 5) is 2.54. The van der Waals surface area contributed by atoms with Crippen LogP contribution in [0.2, 0.25) is 10.0 Å². The van der Waals surface area contributed by atoms with Crippen LogP contribution in [0.1, 0.15) is 17.0 Å². The lowest BCUT2D eigenvalue weighted by molar-refractivity contribution is 0.529. The topological polar surface area (TPSA) is 15.3 Å². The van der Waals surface area contributed by atoms with Crippen molar-refractivity contribution in [3.63, 3.8) is 0 Å². The van der Waals surface area contributed by atoms with E-state index in [-0.39, 0.29) is 0 Å². The Labute approximate surface area is 141 Å². The molecule has 2 aliphatic heterocycles. The molecular weight excluding hydrogens is 315 g/mol. The molecule has 0 spiro atoms. The zero-order chi connectivity index (χ0) is 15.1. The third-order valence-electron chi connectivity index (χ3n) is 4.85. The van der Waals surface area contributed by atoms with Crippen molar-refractivity contribution in [2.75, 3.05) is 24.5 Å². The van der Waals surface area contributed by atoms with Gasteiger partial charge in [-0.15, -0.1) is 0 Å². The third kappa shape index (κ3) is 2.40. The number of fused-ring (bicyclic) bond motifs is 3. The van der Waals surface area contributed by atoms with Crippen molar-refractivity contribution in [2.24, 2.45) is 0 Å². The maximum atomic E-state index is 6.48. The molecule has 1 fully saturated rings. The summed E-state index contributed by atoms with van der Waals surface area (Å²) in [6.45, 7) is 2.98. The average molecular weight is 333 g/mol. The van der Waals surface area contributed by atoms with Crippen LogP contribution in [-0.4, -0.2) is 25.7 Å². The first-order chi connectivity index (χ1) is 10.7. The number of halogens is 2. The van der Waals surface area contributed by atoms with Gasteiger partial charge in [0.05, 0.1) is 0 Å². The fraction of sp³-hybridized carbons (Fsp3) is 0.333. The van der Waals surface area contributed by atoms with Crippen molar-refractivity contribution < 1.29 is 0 Å². The highest BCUT2D eigenvalue weighted by atomic mass is 35.5. The lowest BCUT2D eigenvalue weighted by Gasteiger charge is -2.31. The number of benzene rings is 2. The Bertz CT molecular complexity index is 701. The zero-order valence-electron chi connectivity index (χ0n) is 12.2. The Balaban J connectivity index is 1.76. The van der Waals surface area contributed by atoms with Gasteiger partial charge in [-0.05, 0) is 41.8 Å². The summed E-state index contributed by atoms with van der Waals surface area (Å²) < 4.78 is 0. The van der Waals surface area contributed by atoms with Gasteiger partial charge in [0.15, 0.2) is 0 Å². The average Bonchev–Trinajstić information content (AvgIpc) is 2.76. The Hall–Kier alpha value is -1.22. The van der Waals surface area contributed by atoms with E-state index in [9.17, 15) is 0 Å². The van der Waals surface area contributed by atoms with Crippen molar-refractivity contribution in [2.45, 2.75) is 18.4 Å². The molecule has 2 aromatic carbocycles. The van der Waals surface area contributed by atoms with E-state index >= 15 is 0 Å². The minimum atomic E-state index is 0.348. The van der Waals surface area contributed by atoms with Gasteiger partial charge in [0.25, 0.3) is 0 Å². The molecule has 2 unspecified atom stereocenters. The minimum Gasteiger partial charge on any atom is -0.366 e. The van der Waals surface area contributed by atoms with Crippen LogP contribution in [0.5, 0.6) is 0 Å². The number of hydrogen-bond donors (Lipinski definition) is 1. The van der Waals surface area contributed by atoms with Gasteiger partial charge in [-0.1, -0.05) is 41.4 Å². The monoisotopic (exact) mass is 332 g/mol. The van der Waals surface area contributed by atoms with Crippen LogP contribution in [0.25, 0.3) is 0 Å². The van der Waals surface area contributed by atoms with E-state index < -0.39 is 0 Å². The number of rotatable bonds is 1. The van der Waals surface area contributed by atoms with Crippen LogP contribution in [0.15, 0.2) is 42.5 Å². The first-order valence-electron chi connectivity index (χ1n) is 7.74. The summed E-state index contributed by atoms with van der Waals surface area (Å²) in [6, 6.07) is 15.0.